The Morgan fingerprint density at radius 1 is 0.814 bits per heavy atom. The fraction of sp³-hybridized carbons (Fsp3) is 0.833. The Hall–Kier alpha value is -4.74. The van der Waals surface area contributed by atoms with Crippen molar-refractivity contribution in [1.82, 2.24) is 25.5 Å². The standard InChI is InChI=1S/C60H98N6O20/c1-29(2)21-44(68)82-50-36(9)49(31(4)28-78-58-53(76-15)52(75-14)46(69)39(12)81-58)84-56(73)38(11)51(83-45-22-32(5)66(40-17-18-40)27-34(7)79-45)35(8)48(85-57-47(70)41(65-77-16)23-33(6)80-57)30(3)24-60(13,54(71)37(50)10)86-59(74)62-20-19-61-55(72)42-25-64-43(67)26-63-42/h25-26,29-40,45-53,57-58,69-70H,17-24,27-28H2,1-16H3,(H,61,72)(H,62,74)(H,64,67)/t30-,31-,32+,33+,34?,35+,36-,37+,38+,39+,45-,46+,47+,48-,49?,50+,51-,52+,53+,57-,58+,60-/m0/s1. The molecule has 0 aromatic carbocycles. The molecule has 26 nitrogen and oxygen atoms in total. The number of rotatable bonds is 20. The number of alkyl carbamates (subject to hydrolysis) is 1. The summed E-state index contributed by atoms with van der Waals surface area (Å²) < 4.78 is 70.6. The Balaban J connectivity index is 1.47. The monoisotopic (exact) mass is 1220 g/mol. The number of hydrogen-bond acceptors (Lipinski definition) is 24. The van der Waals surface area contributed by atoms with Crippen LogP contribution in [0.25, 0.3) is 0 Å². The van der Waals surface area contributed by atoms with Crippen LogP contribution < -0.4 is 10.6 Å². The van der Waals surface area contributed by atoms with E-state index in [4.69, 9.17) is 56.9 Å². The number of aromatic hydroxyl groups is 1. The number of nitrogens with one attached hydrogen (secondary N) is 2. The highest BCUT2D eigenvalue weighted by atomic mass is 16.7. The van der Waals surface area contributed by atoms with Gasteiger partial charge in [-0.2, -0.15) is 0 Å². The number of amides is 2. The smallest absolute Gasteiger partial charge is 0.408 e. The molecule has 4 saturated heterocycles. The van der Waals surface area contributed by atoms with Crippen LogP contribution in [0.4, 0.5) is 4.79 Å². The Morgan fingerprint density at radius 3 is 2.13 bits per heavy atom. The fourth-order valence-electron chi connectivity index (χ4n) is 12.6. The maximum Gasteiger partial charge on any atom is 0.408 e. The first-order valence-corrected chi connectivity index (χ1v) is 30.5. The number of carbonyl (C=O) groups excluding carboxylic acids is 5. The number of aliphatic hydroxyl groups excluding tert-OH is 2. The fourth-order valence-corrected chi connectivity index (χ4v) is 12.6. The van der Waals surface area contributed by atoms with Crippen LogP contribution in [-0.2, 0) is 71.3 Å². The molecule has 5 N–H and O–H groups in total. The van der Waals surface area contributed by atoms with Crippen LogP contribution in [0, 0.1) is 41.4 Å². The topological polar surface area (TPSA) is 322 Å². The molecule has 1 aromatic rings. The minimum atomic E-state index is -2.07. The quantitative estimate of drug-likeness (QED) is 0.0520. The molecule has 86 heavy (non-hydrogen) atoms. The van der Waals surface area contributed by atoms with E-state index in [0.29, 0.717) is 19.0 Å². The van der Waals surface area contributed by atoms with E-state index in [1.807, 2.05) is 27.7 Å². The van der Waals surface area contributed by atoms with Gasteiger partial charge in [0.1, 0.15) is 49.4 Å². The van der Waals surface area contributed by atoms with Crippen LogP contribution in [0.1, 0.15) is 139 Å². The van der Waals surface area contributed by atoms with Crippen LogP contribution in [0.15, 0.2) is 17.5 Å². The van der Waals surface area contributed by atoms with Crippen LogP contribution in [0.3, 0.4) is 0 Å². The molecule has 2 amide bonds. The largest absolute Gasteiger partial charge is 0.492 e. The first-order chi connectivity index (χ1) is 40.6. The lowest BCUT2D eigenvalue weighted by atomic mass is 9.74. The lowest BCUT2D eigenvalue weighted by molar-refractivity contribution is -0.305. The zero-order chi connectivity index (χ0) is 63.5. The number of nitrogens with zero attached hydrogens (tertiary/aromatic N) is 4. The van der Waals surface area contributed by atoms with Gasteiger partial charge in [-0.25, -0.2) is 14.8 Å². The number of aromatic nitrogens is 2. The molecular formula is C60H98N6O20. The van der Waals surface area contributed by atoms with Gasteiger partial charge < -0.3 is 82.9 Å². The van der Waals surface area contributed by atoms with Crippen molar-refractivity contribution in [1.29, 1.82) is 0 Å². The summed E-state index contributed by atoms with van der Waals surface area (Å²) in [7, 11) is 4.25. The number of Topliss-reactive ketones (excluding diaryl/α,β-unsaturated/α-hetero) is 1. The third-order valence-electron chi connectivity index (χ3n) is 17.2. The summed E-state index contributed by atoms with van der Waals surface area (Å²) in [6, 6.07) is 0.452. The molecule has 6 rings (SSSR count). The number of ether oxygens (including phenoxy) is 11. The highest BCUT2D eigenvalue weighted by Gasteiger charge is 2.53. The van der Waals surface area contributed by atoms with Crippen molar-refractivity contribution in [2.45, 2.75) is 232 Å². The maximum atomic E-state index is 15.9. The van der Waals surface area contributed by atoms with Gasteiger partial charge in [0, 0.05) is 83.0 Å². The summed E-state index contributed by atoms with van der Waals surface area (Å²) >= 11 is 0. The van der Waals surface area contributed by atoms with Gasteiger partial charge in [-0.3, -0.25) is 24.1 Å². The predicted octanol–water partition coefficient (Wildman–Crippen LogP) is 4.46. The molecular weight excluding hydrogens is 1120 g/mol. The van der Waals surface area contributed by atoms with Gasteiger partial charge in [0.05, 0.1) is 67.1 Å². The van der Waals surface area contributed by atoms with E-state index in [1.165, 1.54) is 28.3 Å². The van der Waals surface area contributed by atoms with Gasteiger partial charge in [-0.05, 0) is 72.6 Å². The lowest BCUT2D eigenvalue weighted by Gasteiger charge is -2.45. The second-order valence-corrected chi connectivity index (χ2v) is 25.1. The SMILES string of the molecule is CON=C1C[C@@H](C)O[C@@H](O[C@@H]2[C@@H](C)[C@H](O[C@H]3C[C@@H](C)N(C4CC4)CC(C)O3)[C@@H](C)C(=O)OC([C@@H](C)CO[C@@H]3O[C@H](C)[C@@H](O)[C@@H](OC)[C@H]3OC)[C@H](C)[C@@H](OC(=O)CC(C)C)[C@@H](C)C(=O)[C@@](C)(OC(=O)NCCNC(=O)c3cnc(O)cn3)C[C@@H]2C)[C@@H]1O. The number of hydrogen-bond donors (Lipinski definition) is 5. The lowest BCUT2D eigenvalue weighted by Crippen LogP contribution is -2.59. The van der Waals surface area contributed by atoms with Crippen molar-refractivity contribution in [2.75, 3.05) is 47.6 Å². The van der Waals surface area contributed by atoms with Crippen molar-refractivity contribution >= 4 is 35.4 Å². The summed E-state index contributed by atoms with van der Waals surface area (Å²) in [5.74, 6) is -8.93. The molecule has 2 unspecified atom stereocenters. The van der Waals surface area contributed by atoms with Gasteiger partial charge in [0.15, 0.2) is 30.3 Å². The third kappa shape index (κ3) is 18.2. The Bertz CT molecular complexity index is 2400. The molecule has 1 saturated carbocycles. The minimum absolute atomic E-state index is 0.0322. The van der Waals surface area contributed by atoms with Crippen LogP contribution in [0.5, 0.6) is 5.88 Å². The molecule has 488 valence electrons. The van der Waals surface area contributed by atoms with Gasteiger partial charge in [-0.15, -0.1) is 0 Å². The molecule has 5 heterocycles. The molecule has 0 radical (unpaired) electrons. The summed E-state index contributed by atoms with van der Waals surface area (Å²) in [5.41, 5.74) is -1.90. The maximum absolute atomic E-state index is 15.9. The zero-order valence-corrected chi connectivity index (χ0v) is 53.1. The van der Waals surface area contributed by atoms with Crippen molar-refractivity contribution in [2.24, 2.45) is 46.6 Å². The number of esters is 2. The Kier molecular flexibility index (Phi) is 25.9. The number of cyclic esters (lactones) is 1. The summed E-state index contributed by atoms with van der Waals surface area (Å²) in [4.78, 5) is 87.7. The summed E-state index contributed by atoms with van der Waals surface area (Å²) in [5, 5.41) is 41.8. The van der Waals surface area contributed by atoms with E-state index in [1.54, 1.807) is 48.5 Å². The predicted molar refractivity (Wildman–Crippen MR) is 308 cm³/mol. The van der Waals surface area contributed by atoms with Crippen molar-refractivity contribution in [3.05, 3.63) is 18.1 Å². The first kappa shape index (κ1) is 70.3. The van der Waals surface area contributed by atoms with Gasteiger partial charge >= 0.3 is 18.0 Å². The summed E-state index contributed by atoms with van der Waals surface area (Å²) in [6.45, 7) is 23.3. The molecule has 4 aliphatic heterocycles. The Morgan fingerprint density at radius 2 is 1.50 bits per heavy atom. The van der Waals surface area contributed by atoms with E-state index in [-0.39, 0.29) is 74.3 Å². The van der Waals surface area contributed by atoms with Gasteiger partial charge in [0.25, 0.3) is 5.91 Å². The number of ketones is 1. The molecule has 5 aliphatic rings. The molecule has 0 spiro atoms. The van der Waals surface area contributed by atoms with Crippen molar-refractivity contribution < 1.29 is 96.2 Å². The molecule has 5 fully saturated rings. The van der Waals surface area contributed by atoms with Crippen LogP contribution in [0.2, 0.25) is 0 Å². The van der Waals surface area contributed by atoms with E-state index >= 15 is 9.59 Å². The highest BCUT2D eigenvalue weighted by molar-refractivity contribution is 5.92. The Labute approximate surface area is 506 Å². The van der Waals surface area contributed by atoms with Crippen LogP contribution >= 0.6 is 0 Å². The normalized spacial score (nSPS) is 38.0. The molecule has 22 atom stereocenters. The molecule has 26 heteroatoms. The third-order valence-corrected chi connectivity index (χ3v) is 17.2. The molecule has 1 aliphatic carbocycles. The van der Waals surface area contributed by atoms with Crippen molar-refractivity contribution in [3.63, 3.8) is 0 Å². The van der Waals surface area contributed by atoms with Gasteiger partial charge in [0.2, 0.25) is 5.88 Å². The minimum Gasteiger partial charge on any atom is -0.492 e. The van der Waals surface area contributed by atoms with E-state index in [9.17, 15) is 29.7 Å². The second-order valence-electron chi connectivity index (χ2n) is 25.1. The zero-order valence-electron chi connectivity index (χ0n) is 53.1. The van der Waals surface area contributed by atoms with Crippen LogP contribution in [-0.4, -0.2) is 217 Å². The van der Waals surface area contributed by atoms with E-state index < -0.39 is 151 Å². The number of methoxy groups -OCH3 is 2. The van der Waals surface area contributed by atoms with Crippen molar-refractivity contribution in [3.8, 4) is 5.88 Å². The van der Waals surface area contributed by atoms with Gasteiger partial charge in [-0.1, -0.05) is 53.6 Å². The van der Waals surface area contributed by atoms with E-state index in [2.05, 4.69) is 37.6 Å². The number of aliphatic hydroxyl groups is 2. The average Bonchev–Trinajstić information content (AvgIpc) is 1.47. The summed E-state index contributed by atoms with van der Waals surface area (Å²) in [6.07, 6.45) is -10.1. The number of oxime groups is 1. The molecule has 1 aromatic heterocycles. The molecule has 0 bridgehead atoms. The first-order valence-electron chi connectivity index (χ1n) is 30.5. The highest BCUT2D eigenvalue weighted by Crippen LogP contribution is 2.41. The van der Waals surface area contributed by atoms with E-state index in [0.717, 1.165) is 25.2 Å². The average molecular weight is 1220 g/mol. The number of carbonyl (C=O) groups is 5. The second kappa shape index (κ2) is 31.6.